The molecule has 0 saturated carbocycles. The molecule has 0 aliphatic carbocycles. The number of carboxylic acids is 1. The zero-order valence-electron chi connectivity index (χ0n) is 13.5. The summed E-state index contributed by atoms with van der Waals surface area (Å²) in [7, 11) is 1.55. The van der Waals surface area contributed by atoms with E-state index < -0.39 is 11.9 Å². The van der Waals surface area contributed by atoms with E-state index in [9.17, 15) is 9.59 Å². The Kier molecular flexibility index (Phi) is 5.23. The Labute approximate surface area is 165 Å². The Bertz CT molecular complexity index is 978. The Morgan fingerprint density at radius 2 is 1.85 bits per heavy atom. The van der Waals surface area contributed by atoms with Gasteiger partial charge in [0.15, 0.2) is 11.5 Å². The zero-order chi connectivity index (χ0) is 18.8. The minimum Gasteiger partial charge on any atom is -0.476 e. The van der Waals surface area contributed by atoms with Gasteiger partial charge in [0.25, 0.3) is 5.91 Å². The smallest absolute Gasteiger partial charge is 0.357 e. The molecule has 0 aliphatic rings. The third-order valence-corrected chi connectivity index (χ3v) is 4.59. The van der Waals surface area contributed by atoms with Crippen molar-refractivity contribution >= 4 is 49.6 Å². The maximum Gasteiger partial charge on any atom is 0.357 e. The van der Waals surface area contributed by atoms with E-state index in [-0.39, 0.29) is 11.3 Å². The molecule has 134 valence electrons. The van der Waals surface area contributed by atoms with Gasteiger partial charge in [-0.2, -0.15) is 10.2 Å². The molecule has 2 N–H and O–H groups in total. The van der Waals surface area contributed by atoms with E-state index in [1.807, 2.05) is 24.3 Å². The van der Waals surface area contributed by atoms with Gasteiger partial charge in [0, 0.05) is 23.9 Å². The van der Waals surface area contributed by atoms with Gasteiger partial charge in [-0.05, 0) is 33.6 Å². The summed E-state index contributed by atoms with van der Waals surface area (Å²) in [6, 6.07) is 7.80. The SMILES string of the molecule is Cn1cc(C(=O)Nc2nn(Cc3ccc(Br)cc3)cc2Br)c(C(=O)O)n1. The molecular weight excluding hydrogens is 470 g/mol. The first-order valence-electron chi connectivity index (χ1n) is 7.39. The summed E-state index contributed by atoms with van der Waals surface area (Å²) in [6.45, 7) is 0.523. The number of nitrogens with one attached hydrogen (secondary N) is 1. The summed E-state index contributed by atoms with van der Waals surface area (Å²) < 4.78 is 4.52. The second-order valence-corrected chi connectivity index (χ2v) is 7.24. The van der Waals surface area contributed by atoms with Crippen LogP contribution in [0.1, 0.15) is 26.4 Å². The molecule has 0 radical (unpaired) electrons. The van der Waals surface area contributed by atoms with E-state index in [1.54, 1.807) is 17.9 Å². The standard InChI is InChI=1S/C16H13Br2N5O3/c1-22-7-11(13(20-22)16(25)26)15(24)19-14-12(18)8-23(21-14)6-9-2-4-10(17)5-3-9/h2-5,7-8H,6H2,1H3,(H,25,26)(H,19,21,24). The van der Waals surface area contributed by atoms with E-state index in [4.69, 9.17) is 5.11 Å². The van der Waals surface area contributed by atoms with Crippen molar-refractivity contribution in [3.05, 3.63) is 62.4 Å². The van der Waals surface area contributed by atoms with Crippen LogP contribution < -0.4 is 5.32 Å². The van der Waals surface area contributed by atoms with Crippen molar-refractivity contribution in [1.29, 1.82) is 0 Å². The maximum atomic E-state index is 12.4. The molecule has 8 nitrogen and oxygen atoms in total. The van der Waals surface area contributed by atoms with Gasteiger partial charge >= 0.3 is 5.97 Å². The van der Waals surface area contributed by atoms with Crippen LogP contribution in [0.3, 0.4) is 0 Å². The topological polar surface area (TPSA) is 102 Å². The molecular formula is C16H13Br2N5O3. The van der Waals surface area contributed by atoms with Crippen molar-refractivity contribution in [3.63, 3.8) is 0 Å². The van der Waals surface area contributed by atoms with Crippen molar-refractivity contribution in [2.24, 2.45) is 7.05 Å². The lowest BCUT2D eigenvalue weighted by Gasteiger charge is -2.03. The summed E-state index contributed by atoms with van der Waals surface area (Å²) in [5.41, 5.74) is 0.700. The molecule has 3 aromatic rings. The highest BCUT2D eigenvalue weighted by Crippen LogP contribution is 2.22. The summed E-state index contributed by atoms with van der Waals surface area (Å²) in [6.07, 6.45) is 3.09. The summed E-state index contributed by atoms with van der Waals surface area (Å²) in [5, 5.41) is 19.9. The quantitative estimate of drug-likeness (QED) is 0.581. The molecule has 0 atom stereocenters. The molecule has 0 spiro atoms. The summed E-state index contributed by atoms with van der Waals surface area (Å²) >= 11 is 6.74. The molecule has 1 amide bonds. The first-order chi connectivity index (χ1) is 12.3. The Hall–Kier alpha value is -2.46. The fraction of sp³-hybridized carbons (Fsp3) is 0.125. The molecule has 2 aromatic heterocycles. The van der Waals surface area contributed by atoms with E-state index >= 15 is 0 Å². The van der Waals surface area contributed by atoms with Gasteiger partial charge in [-0.1, -0.05) is 28.1 Å². The Morgan fingerprint density at radius 3 is 2.50 bits per heavy atom. The number of carbonyl (C=O) groups excluding carboxylic acids is 1. The molecule has 1 aromatic carbocycles. The summed E-state index contributed by atoms with van der Waals surface area (Å²) in [4.78, 5) is 23.6. The van der Waals surface area contributed by atoms with Crippen LogP contribution >= 0.6 is 31.9 Å². The fourth-order valence-electron chi connectivity index (χ4n) is 2.33. The number of amides is 1. The van der Waals surface area contributed by atoms with Crippen LogP contribution in [0, 0.1) is 0 Å². The van der Waals surface area contributed by atoms with Gasteiger partial charge in [0.1, 0.15) is 0 Å². The number of rotatable bonds is 5. The number of carbonyl (C=O) groups is 2. The highest BCUT2D eigenvalue weighted by molar-refractivity contribution is 9.10. The van der Waals surface area contributed by atoms with Crippen LogP contribution in [-0.2, 0) is 13.6 Å². The molecule has 26 heavy (non-hydrogen) atoms. The van der Waals surface area contributed by atoms with E-state index in [1.165, 1.54) is 10.9 Å². The molecule has 10 heteroatoms. The van der Waals surface area contributed by atoms with Crippen LogP contribution in [0.5, 0.6) is 0 Å². The fourth-order valence-corrected chi connectivity index (χ4v) is 3.01. The lowest BCUT2D eigenvalue weighted by Crippen LogP contribution is -2.16. The van der Waals surface area contributed by atoms with Gasteiger partial charge < -0.3 is 10.4 Å². The van der Waals surface area contributed by atoms with Crippen LogP contribution in [0.25, 0.3) is 0 Å². The van der Waals surface area contributed by atoms with Crippen molar-refractivity contribution in [3.8, 4) is 0 Å². The normalized spacial score (nSPS) is 10.7. The second-order valence-electron chi connectivity index (χ2n) is 5.47. The predicted octanol–water partition coefficient (Wildman–Crippen LogP) is 3.14. The average Bonchev–Trinajstić information content (AvgIpc) is 3.13. The number of aryl methyl sites for hydroxylation is 1. The van der Waals surface area contributed by atoms with Crippen molar-refractivity contribution < 1.29 is 14.7 Å². The minimum absolute atomic E-state index is 0.0330. The van der Waals surface area contributed by atoms with E-state index in [0.717, 1.165) is 10.0 Å². The highest BCUT2D eigenvalue weighted by atomic mass is 79.9. The lowest BCUT2D eigenvalue weighted by molar-refractivity contribution is 0.0685. The van der Waals surface area contributed by atoms with Crippen molar-refractivity contribution in [2.75, 3.05) is 5.32 Å². The first kappa shape index (κ1) is 18.3. The van der Waals surface area contributed by atoms with Crippen LogP contribution in [0.2, 0.25) is 0 Å². The van der Waals surface area contributed by atoms with Crippen LogP contribution in [0.15, 0.2) is 45.6 Å². The van der Waals surface area contributed by atoms with Gasteiger partial charge in [-0.3, -0.25) is 14.2 Å². The number of nitrogens with zero attached hydrogens (tertiary/aromatic N) is 4. The number of aromatic carboxylic acids is 1. The third-order valence-electron chi connectivity index (χ3n) is 3.48. The van der Waals surface area contributed by atoms with Gasteiger partial charge in [0.2, 0.25) is 0 Å². The molecule has 0 unspecified atom stereocenters. The third kappa shape index (κ3) is 4.02. The average molecular weight is 483 g/mol. The van der Waals surface area contributed by atoms with Gasteiger partial charge in [0.05, 0.1) is 16.6 Å². The Balaban J connectivity index is 1.78. The lowest BCUT2D eigenvalue weighted by atomic mass is 10.2. The number of anilines is 1. The second kappa shape index (κ2) is 7.42. The summed E-state index contributed by atoms with van der Waals surface area (Å²) in [5.74, 6) is -1.56. The number of carboxylic acid groups (broad SMARTS) is 1. The number of halogens is 2. The van der Waals surface area contributed by atoms with E-state index in [0.29, 0.717) is 16.8 Å². The van der Waals surface area contributed by atoms with Crippen LogP contribution in [-0.4, -0.2) is 36.5 Å². The molecule has 0 aliphatic heterocycles. The first-order valence-corrected chi connectivity index (χ1v) is 8.98. The number of aromatic nitrogens is 4. The molecule has 2 heterocycles. The largest absolute Gasteiger partial charge is 0.476 e. The zero-order valence-corrected chi connectivity index (χ0v) is 16.7. The highest BCUT2D eigenvalue weighted by Gasteiger charge is 2.22. The number of hydrogen-bond acceptors (Lipinski definition) is 4. The maximum absolute atomic E-state index is 12.4. The molecule has 3 rings (SSSR count). The number of benzene rings is 1. The molecule has 0 saturated heterocycles. The predicted molar refractivity (Wildman–Crippen MR) is 101 cm³/mol. The van der Waals surface area contributed by atoms with Crippen LogP contribution in [0.4, 0.5) is 5.82 Å². The van der Waals surface area contributed by atoms with Gasteiger partial charge in [-0.15, -0.1) is 0 Å². The Morgan fingerprint density at radius 1 is 1.15 bits per heavy atom. The van der Waals surface area contributed by atoms with Crippen molar-refractivity contribution in [1.82, 2.24) is 19.6 Å². The number of hydrogen-bond donors (Lipinski definition) is 2. The van der Waals surface area contributed by atoms with Crippen molar-refractivity contribution in [2.45, 2.75) is 6.54 Å². The molecule has 0 bridgehead atoms. The minimum atomic E-state index is -1.27. The van der Waals surface area contributed by atoms with Gasteiger partial charge in [-0.25, -0.2) is 4.79 Å². The molecule has 0 fully saturated rings. The monoisotopic (exact) mass is 481 g/mol. The van der Waals surface area contributed by atoms with E-state index in [2.05, 4.69) is 47.4 Å².